The maximum Gasteiger partial charge on any atom is 0.240 e. The topological polar surface area (TPSA) is 52.6 Å². The van der Waals surface area contributed by atoms with Crippen molar-refractivity contribution in [3.8, 4) is 0 Å². The second kappa shape index (κ2) is 7.79. The van der Waals surface area contributed by atoms with Gasteiger partial charge in [0.2, 0.25) is 5.91 Å². The maximum absolute atomic E-state index is 13.2. The summed E-state index contributed by atoms with van der Waals surface area (Å²) in [5, 5.41) is 0. The van der Waals surface area contributed by atoms with Crippen molar-refractivity contribution in [2.24, 2.45) is 5.41 Å². The van der Waals surface area contributed by atoms with Crippen LogP contribution < -0.4 is 0 Å². The van der Waals surface area contributed by atoms with Crippen LogP contribution in [0, 0.1) is 5.41 Å². The zero-order valence-electron chi connectivity index (χ0n) is 15.8. The maximum atomic E-state index is 13.2. The number of amides is 1. The lowest BCUT2D eigenvalue weighted by molar-refractivity contribution is -0.135. The molecule has 138 valence electrons. The molecule has 2 saturated heterocycles. The first kappa shape index (κ1) is 18.3. The van der Waals surface area contributed by atoms with Gasteiger partial charge in [0.05, 0.1) is 18.3 Å². The van der Waals surface area contributed by atoms with Gasteiger partial charge in [0.15, 0.2) is 0 Å². The Morgan fingerprint density at radius 2 is 2.16 bits per heavy atom. The molecule has 0 aromatic carbocycles. The SMILES string of the molecule is CCCN1CC2(CCN(C)CC2)C[C@H]1C(=O)N(C)Cc1ccncn1. The number of likely N-dealkylation sites (tertiary alicyclic amines) is 2. The molecule has 25 heavy (non-hydrogen) atoms. The van der Waals surface area contributed by atoms with Gasteiger partial charge in [-0.2, -0.15) is 0 Å². The standard InChI is InChI=1S/C19H31N5O/c1-4-9-24-14-19(6-10-22(2)11-7-19)12-17(24)18(25)23(3)13-16-5-8-20-15-21-16/h5,8,15,17H,4,6-7,9-14H2,1-3H3/t17-/m0/s1. The minimum atomic E-state index is 0.0233. The van der Waals surface area contributed by atoms with E-state index in [2.05, 4.69) is 33.7 Å². The van der Waals surface area contributed by atoms with Crippen molar-refractivity contribution >= 4 is 5.91 Å². The third kappa shape index (κ3) is 4.18. The largest absolute Gasteiger partial charge is 0.338 e. The number of carbonyl (C=O) groups is 1. The number of nitrogens with zero attached hydrogens (tertiary/aromatic N) is 5. The lowest BCUT2D eigenvalue weighted by atomic mass is 9.76. The summed E-state index contributed by atoms with van der Waals surface area (Å²) in [7, 11) is 4.10. The van der Waals surface area contributed by atoms with E-state index >= 15 is 0 Å². The molecule has 0 bridgehead atoms. The normalized spacial score (nSPS) is 23.9. The lowest BCUT2D eigenvalue weighted by Gasteiger charge is -2.37. The van der Waals surface area contributed by atoms with Gasteiger partial charge in [0.1, 0.15) is 6.33 Å². The van der Waals surface area contributed by atoms with Crippen LogP contribution in [0.1, 0.15) is 38.3 Å². The van der Waals surface area contributed by atoms with E-state index in [0.29, 0.717) is 12.0 Å². The molecule has 1 aromatic heterocycles. The van der Waals surface area contributed by atoms with Crippen LogP contribution in [0.4, 0.5) is 0 Å². The van der Waals surface area contributed by atoms with Gasteiger partial charge in [-0.25, -0.2) is 9.97 Å². The van der Waals surface area contributed by atoms with Crippen molar-refractivity contribution < 1.29 is 4.79 Å². The number of aromatic nitrogens is 2. The van der Waals surface area contributed by atoms with Gasteiger partial charge >= 0.3 is 0 Å². The Morgan fingerprint density at radius 1 is 1.40 bits per heavy atom. The molecule has 6 nitrogen and oxygen atoms in total. The molecule has 2 fully saturated rings. The van der Waals surface area contributed by atoms with Gasteiger partial charge in [-0.05, 0) is 63.8 Å². The molecule has 1 spiro atoms. The van der Waals surface area contributed by atoms with Gasteiger partial charge in [0.25, 0.3) is 0 Å². The highest BCUT2D eigenvalue weighted by Gasteiger charge is 2.47. The highest BCUT2D eigenvalue weighted by atomic mass is 16.2. The first-order valence-electron chi connectivity index (χ1n) is 9.45. The van der Waals surface area contributed by atoms with Crippen LogP contribution in [-0.2, 0) is 11.3 Å². The number of hydrogen-bond donors (Lipinski definition) is 0. The molecule has 2 aliphatic rings. The molecule has 3 heterocycles. The van der Waals surface area contributed by atoms with Gasteiger partial charge in [-0.15, -0.1) is 0 Å². The smallest absolute Gasteiger partial charge is 0.240 e. The summed E-state index contributed by atoms with van der Waals surface area (Å²) in [6, 6.07) is 1.90. The van der Waals surface area contributed by atoms with Crippen molar-refractivity contribution in [2.45, 2.75) is 45.2 Å². The fraction of sp³-hybridized carbons (Fsp3) is 0.737. The molecule has 6 heteroatoms. The minimum Gasteiger partial charge on any atom is -0.338 e. The summed E-state index contributed by atoms with van der Waals surface area (Å²) in [6.45, 7) is 7.14. The molecule has 0 saturated carbocycles. The average Bonchev–Trinajstić information content (AvgIpc) is 2.96. The Morgan fingerprint density at radius 3 is 2.80 bits per heavy atom. The molecular formula is C19H31N5O. The monoisotopic (exact) mass is 345 g/mol. The van der Waals surface area contributed by atoms with E-state index in [9.17, 15) is 4.79 Å². The van der Waals surface area contributed by atoms with E-state index in [1.807, 2.05) is 18.0 Å². The Labute approximate surface area is 151 Å². The first-order valence-corrected chi connectivity index (χ1v) is 9.45. The van der Waals surface area contributed by atoms with Gasteiger partial charge in [-0.3, -0.25) is 9.69 Å². The van der Waals surface area contributed by atoms with E-state index in [0.717, 1.165) is 44.7 Å². The fourth-order valence-corrected chi connectivity index (χ4v) is 4.35. The second-order valence-electron chi connectivity index (χ2n) is 7.89. The summed E-state index contributed by atoms with van der Waals surface area (Å²) >= 11 is 0. The van der Waals surface area contributed by atoms with Crippen LogP contribution in [0.2, 0.25) is 0 Å². The molecular weight excluding hydrogens is 314 g/mol. The van der Waals surface area contributed by atoms with E-state index < -0.39 is 0 Å². The van der Waals surface area contributed by atoms with Crippen LogP contribution in [-0.4, -0.2) is 76.9 Å². The van der Waals surface area contributed by atoms with Crippen LogP contribution >= 0.6 is 0 Å². The van der Waals surface area contributed by atoms with Gasteiger partial charge in [0, 0.05) is 19.8 Å². The molecule has 0 N–H and O–H groups in total. The van der Waals surface area contributed by atoms with Crippen LogP contribution in [0.15, 0.2) is 18.6 Å². The number of likely N-dealkylation sites (N-methyl/N-ethyl adjacent to an activating group) is 1. The van der Waals surface area contributed by atoms with Crippen LogP contribution in [0.5, 0.6) is 0 Å². The summed E-state index contributed by atoms with van der Waals surface area (Å²) in [6.07, 6.45) is 7.79. The predicted molar refractivity (Wildman–Crippen MR) is 97.9 cm³/mol. The minimum absolute atomic E-state index is 0.0233. The lowest BCUT2D eigenvalue weighted by Crippen LogP contribution is -2.44. The fourth-order valence-electron chi connectivity index (χ4n) is 4.35. The zero-order valence-corrected chi connectivity index (χ0v) is 15.8. The Balaban J connectivity index is 1.68. The highest BCUT2D eigenvalue weighted by molar-refractivity contribution is 5.82. The summed E-state index contributed by atoms with van der Waals surface area (Å²) in [5.74, 6) is 0.239. The predicted octanol–water partition coefficient (Wildman–Crippen LogP) is 1.63. The van der Waals surface area contributed by atoms with E-state index in [1.165, 1.54) is 12.8 Å². The van der Waals surface area contributed by atoms with E-state index in [1.54, 1.807) is 12.5 Å². The van der Waals surface area contributed by atoms with Crippen LogP contribution in [0.3, 0.4) is 0 Å². The van der Waals surface area contributed by atoms with Crippen LogP contribution in [0.25, 0.3) is 0 Å². The Bertz CT molecular complexity index is 570. The van der Waals surface area contributed by atoms with Crippen molar-refractivity contribution in [3.05, 3.63) is 24.3 Å². The van der Waals surface area contributed by atoms with Crippen molar-refractivity contribution in [1.29, 1.82) is 0 Å². The van der Waals surface area contributed by atoms with E-state index in [-0.39, 0.29) is 11.9 Å². The quantitative estimate of drug-likeness (QED) is 0.812. The first-order chi connectivity index (χ1) is 12.0. The third-order valence-corrected chi connectivity index (χ3v) is 5.87. The summed E-state index contributed by atoms with van der Waals surface area (Å²) in [4.78, 5) is 28.0. The highest BCUT2D eigenvalue weighted by Crippen LogP contribution is 2.43. The van der Waals surface area contributed by atoms with Gasteiger partial charge in [-0.1, -0.05) is 6.92 Å². The Kier molecular flexibility index (Phi) is 5.69. The molecule has 1 aromatic rings. The number of rotatable bonds is 5. The molecule has 1 atom stereocenters. The number of piperidine rings is 1. The summed E-state index contributed by atoms with van der Waals surface area (Å²) < 4.78 is 0. The molecule has 0 radical (unpaired) electrons. The molecule has 0 aliphatic carbocycles. The Hall–Kier alpha value is -1.53. The zero-order chi connectivity index (χ0) is 17.9. The van der Waals surface area contributed by atoms with Crippen molar-refractivity contribution in [3.63, 3.8) is 0 Å². The second-order valence-corrected chi connectivity index (χ2v) is 7.89. The average molecular weight is 345 g/mol. The van der Waals surface area contributed by atoms with Gasteiger partial charge < -0.3 is 9.80 Å². The number of carbonyl (C=O) groups excluding carboxylic acids is 1. The molecule has 1 amide bonds. The summed E-state index contributed by atoms with van der Waals surface area (Å²) in [5.41, 5.74) is 1.22. The molecule has 3 rings (SSSR count). The number of hydrogen-bond acceptors (Lipinski definition) is 5. The molecule has 2 aliphatic heterocycles. The molecule has 0 unspecified atom stereocenters. The third-order valence-electron chi connectivity index (χ3n) is 5.87. The van der Waals surface area contributed by atoms with Crippen molar-refractivity contribution in [2.75, 3.05) is 40.3 Å². The van der Waals surface area contributed by atoms with Crippen molar-refractivity contribution in [1.82, 2.24) is 24.7 Å². The van der Waals surface area contributed by atoms with E-state index in [4.69, 9.17) is 0 Å².